The number of nitrogens with two attached hydrogens (primary N) is 2. The Morgan fingerprint density at radius 3 is 2.11 bits per heavy atom. The lowest BCUT2D eigenvalue weighted by Crippen LogP contribution is -2.58. The van der Waals surface area contributed by atoms with Crippen molar-refractivity contribution >= 4 is 47.3 Å². The minimum Gasteiger partial charge on any atom is -0.481 e. The summed E-state index contributed by atoms with van der Waals surface area (Å²) in [6, 6.07) is -5.60. The molecule has 0 fully saturated rings. The number of imidazole rings is 1. The Kier molecular flexibility index (Phi) is 12.2. The van der Waals surface area contributed by atoms with Gasteiger partial charge in [0.25, 0.3) is 0 Å². The zero-order valence-corrected chi connectivity index (χ0v) is 19.7. The van der Waals surface area contributed by atoms with Gasteiger partial charge in [0.1, 0.15) is 18.1 Å². The summed E-state index contributed by atoms with van der Waals surface area (Å²) in [4.78, 5) is 78.1. The maximum absolute atomic E-state index is 12.8. The first-order valence-electron chi connectivity index (χ1n) is 10.3. The molecule has 1 aromatic heterocycles. The van der Waals surface area contributed by atoms with Gasteiger partial charge in [-0.3, -0.25) is 24.0 Å². The quantitative estimate of drug-likeness (QED) is 0.109. The summed E-state index contributed by atoms with van der Waals surface area (Å²) in [5.41, 5.74) is 11.4. The highest BCUT2D eigenvalue weighted by Gasteiger charge is 2.31. The Morgan fingerprint density at radius 1 is 1.00 bits per heavy atom. The Hall–Kier alpha value is -3.66. The molecule has 0 saturated heterocycles. The van der Waals surface area contributed by atoms with E-state index in [1.807, 2.05) is 0 Å². The number of carbonyl (C=O) groups is 6. The minimum atomic E-state index is -1.62. The van der Waals surface area contributed by atoms with Crippen molar-refractivity contribution in [1.29, 1.82) is 0 Å². The fourth-order valence-corrected chi connectivity index (χ4v) is 3.31. The van der Waals surface area contributed by atoms with Gasteiger partial charge < -0.3 is 42.6 Å². The molecule has 0 aliphatic carbocycles. The van der Waals surface area contributed by atoms with E-state index in [-0.39, 0.29) is 12.8 Å². The highest BCUT2D eigenvalue weighted by Crippen LogP contribution is 2.05. The van der Waals surface area contributed by atoms with Gasteiger partial charge >= 0.3 is 11.9 Å². The molecule has 0 aliphatic heterocycles. The molecule has 4 atom stereocenters. The zero-order valence-electron chi connectivity index (χ0n) is 18.9. The lowest BCUT2D eigenvalue weighted by molar-refractivity contribution is -0.144. The van der Waals surface area contributed by atoms with Crippen LogP contribution in [0, 0.1) is 0 Å². The van der Waals surface area contributed by atoms with Crippen LogP contribution in [-0.2, 0) is 35.2 Å². The summed E-state index contributed by atoms with van der Waals surface area (Å²) in [5.74, 6) is -6.21. The minimum absolute atomic E-state index is 0.0441. The highest BCUT2D eigenvalue weighted by molar-refractivity contribution is 7.98. The van der Waals surface area contributed by atoms with Crippen molar-refractivity contribution in [3.8, 4) is 0 Å². The van der Waals surface area contributed by atoms with E-state index < -0.39 is 72.6 Å². The van der Waals surface area contributed by atoms with Crippen LogP contribution in [0.3, 0.4) is 0 Å². The predicted octanol–water partition coefficient (Wildman–Crippen LogP) is -3.08. The number of rotatable bonds is 16. The van der Waals surface area contributed by atoms with E-state index in [0.717, 1.165) is 0 Å². The molecule has 1 aromatic rings. The van der Waals surface area contributed by atoms with E-state index >= 15 is 0 Å². The van der Waals surface area contributed by atoms with Crippen molar-refractivity contribution in [1.82, 2.24) is 25.9 Å². The Morgan fingerprint density at radius 2 is 1.60 bits per heavy atom. The van der Waals surface area contributed by atoms with Crippen molar-refractivity contribution in [2.75, 3.05) is 12.0 Å². The van der Waals surface area contributed by atoms with Crippen LogP contribution in [0.15, 0.2) is 12.5 Å². The lowest BCUT2D eigenvalue weighted by Gasteiger charge is -2.24. The van der Waals surface area contributed by atoms with Gasteiger partial charge in [0, 0.05) is 18.3 Å². The SMILES string of the molecule is CSCCC(NC(=O)C(CC(=O)O)NC(=O)C(N)Cc1cnc[nH]1)C(=O)NC(CC(N)=O)C(=O)O. The molecule has 194 valence electrons. The predicted molar refractivity (Wildman–Crippen MR) is 123 cm³/mol. The molecule has 0 aliphatic rings. The van der Waals surface area contributed by atoms with Crippen LogP contribution in [0.25, 0.3) is 0 Å². The first-order valence-corrected chi connectivity index (χ1v) is 11.7. The van der Waals surface area contributed by atoms with Gasteiger partial charge in [0.15, 0.2) is 0 Å². The van der Waals surface area contributed by atoms with Crippen molar-refractivity contribution in [2.45, 2.75) is 49.9 Å². The average Bonchev–Trinajstić information content (AvgIpc) is 3.27. The molecule has 0 saturated carbocycles. The summed E-state index contributed by atoms with van der Waals surface area (Å²) in [6.07, 6.45) is 3.20. The fraction of sp³-hybridized carbons (Fsp3) is 0.526. The van der Waals surface area contributed by atoms with Crippen molar-refractivity contribution in [2.24, 2.45) is 11.5 Å². The smallest absolute Gasteiger partial charge is 0.326 e. The van der Waals surface area contributed by atoms with Crippen molar-refractivity contribution in [3.05, 3.63) is 18.2 Å². The zero-order chi connectivity index (χ0) is 26.5. The summed E-state index contributed by atoms with van der Waals surface area (Å²) >= 11 is 1.34. The molecule has 4 amide bonds. The van der Waals surface area contributed by atoms with E-state index in [0.29, 0.717) is 11.4 Å². The molecule has 15 nitrogen and oxygen atoms in total. The van der Waals surface area contributed by atoms with Crippen LogP contribution in [-0.4, -0.2) is 91.9 Å². The van der Waals surface area contributed by atoms with Crippen LogP contribution < -0.4 is 27.4 Å². The average molecular weight is 516 g/mol. The Bertz CT molecular complexity index is 911. The number of nitrogens with zero attached hydrogens (tertiary/aromatic N) is 1. The molecular formula is C19H29N7O8S. The van der Waals surface area contributed by atoms with Gasteiger partial charge in [0.2, 0.25) is 23.6 Å². The topological polar surface area (TPSA) is 260 Å². The maximum atomic E-state index is 12.8. The van der Waals surface area contributed by atoms with Crippen molar-refractivity contribution < 1.29 is 39.0 Å². The van der Waals surface area contributed by atoms with Crippen LogP contribution in [0.5, 0.6) is 0 Å². The molecule has 0 spiro atoms. The second-order valence-corrected chi connectivity index (χ2v) is 8.44. The number of hydrogen-bond donors (Lipinski definition) is 8. The van der Waals surface area contributed by atoms with Gasteiger partial charge in [-0.15, -0.1) is 0 Å². The summed E-state index contributed by atoms with van der Waals surface area (Å²) in [7, 11) is 0. The Balaban J connectivity index is 2.94. The number of primary amides is 1. The molecule has 10 N–H and O–H groups in total. The third-order valence-corrected chi connectivity index (χ3v) is 5.25. The molecule has 0 aromatic carbocycles. The van der Waals surface area contributed by atoms with Gasteiger partial charge in [-0.05, 0) is 18.4 Å². The van der Waals surface area contributed by atoms with Crippen LogP contribution in [0.1, 0.15) is 25.0 Å². The monoisotopic (exact) mass is 515 g/mol. The normalized spacial score (nSPS) is 14.1. The molecule has 35 heavy (non-hydrogen) atoms. The number of aromatic nitrogens is 2. The standard InChI is InChI=1S/C19H29N7O8S/c1-35-3-2-11(17(31)26-13(19(33)34)5-14(21)27)24-18(32)12(6-15(28)29)25-16(30)10(20)4-9-7-22-8-23-9/h7-8,10-13H,2-6,20H2,1H3,(H2,21,27)(H,22,23)(H,24,32)(H,25,30)(H,26,31)(H,28,29)(H,33,34). The molecule has 0 radical (unpaired) electrons. The number of thioether (sulfide) groups is 1. The van der Waals surface area contributed by atoms with Crippen LogP contribution in [0.2, 0.25) is 0 Å². The number of carbonyl (C=O) groups excluding carboxylic acids is 4. The van der Waals surface area contributed by atoms with Gasteiger partial charge in [-0.25, -0.2) is 9.78 Å². The largest absolute Gasteiger partial charge is 0.481 e. The van der Waals surface area contributed by atoms with E-state index in [1.54, 1.807) is 6.26 Å². The third-order valence-electron chi connectivity index (χ3n) is 4.61. The number of nitrogens with one attached hydrogen (secondary N) is 4. The van der Waals surface area contributed by atoms with Crippen LogP contribution >= 0.6 is 11.8 Å². The second-order valence-electron chi connectivity index (χ2n) is 7.46. The first kappa shape index (κ1) is 29.4. The second kappa shape index (κ2) is 14.6. The number of aromatic amines is 1. The lowest BCUT2D eigenvalue weighted by atomic mass is 10.1. The summed E-state index contributed by atoms with van der Waals surface area (Å²) in [5, 5.41) is 25.1. The maximum Gasteiger partial charge on any atom is 0.326 e. The Labute approximate surface area is 204 Å². The number of H-pyrrole nitrogens is 1. The van der Waals surface area contributed by atoms with Crippen molar-refractivity contribution in [3.63, 3.8) is 0 Å². The number of hydrogen-bond acceptors (Lipinski definition) is 9. The van der Waals surface area contributed by atoms with Crippen LogP contribution in [0.4, 0.5) is 0 Å². The number of carboxylic acids is 2. The highest BCUT2D eigenvalue weighted by atomic mass is 32.2. The molecular weight excluding hydrogens is 486 g/mol. The van der Waals surface area contributed by atoms with Gasteiger partial charge in [0.05, 0.1) is 25.2 Å². The number of carboxylic acid groups (broad SMARTS) is 2. The number of amides is 4. The van der Waals surface area contributed by atoms with E-state index in [9.17, 15) is 39.0 Å². The first-order chi connectivity index (χ1) is 16.4. The van der Waals surface area contributed by atoms with E-state index in [4.69, 9.17) is 11.5 Å². The van der Waals surface area contributed by atoms with E-state index in [1.165, 1.54) is 24.3 Å². The molecule has 4 unspecified atom stereocenters. The van der Waals surface area contributed by atoms with E-state index in [2.05, 4.69) is 25.9 Å². The fourth-order valence-electron chi connectivity index (χ4n) is 2.84. The third kappa shape index (κ3) is 10.9. The molecule has 16 heteroatoms. The van der Waals surface area contributed by atoms with Gasteiger partial charge in [-0.1, -0.05) is 0 Å². The number of aliphatic carboxylic acids is 2. The molecule has 0 bridgehead atoms. The summed E-state index contributed by atoms with van der Waals surface area (Å²) < 4.78 is 0. The van der Waals surface area contributed by atoms with Gasteiger partial charge in [-0.2, -0.15) is 11.8 Å². The molecule has 1 heterocycles. The molecule has 1 rings (SSSR count). The summed E-state index contributed by atoms with van der Waals surface area (Å²) in [6.45, 7) is 0.